The van der Waals surface area contributed by atoms with Crippen LogP contribution in [0.3, 0.4) is 0 Å². The third-order valence-corrected chi connectivity index (χ3v) is 12.6. The molecule has 9 unspecified atom stereocenters. The highest BCUT2D eigenvalue weighted by Gasteiger charge is 2.54. The molecule has 4 fully saturated rings. The molecule has 60 heavy (non-hydrogen) atoms. The van der Waals surface area contributed by atoms with Crippen LogP contribution in [0.15, 0.2) is 6.20 Å². The Kier molecular flexibility index (Phi) is 16.9. The second-order valence-corrected chi connectivity index (χ2v) is 17.9. The minimum absolute atomic E-state index is 0.0358. The van der Waals surface area contributed by atoms with E-state index in [0.717, 1.165) is 0 Å². The van der Waals surface area contributed by atoms with E-state index >= 15 is 0 Å². The smallest absolute Gasteiger partial charge is 0.240 e. The van der Waals surface area contributed by atoms with Crippen molar-refractivity contribution in [2.24, 2.45) is 41.1 Å². The van der Waals surface area contributed by atoms with Gasteiger partial charge >= 0.3 is 0 Å². The molecule has 1 aromatic heterocycles. The second-order valence-electron chi connectivity index (χ2n) is 17.9. The molecule has 0 radical (unpaired) electrons. The van der Waals surface area contributed by atoms with Gasteiger partial charge in [0.15, 0.2) is 18.9 Å². The maximum absolute atomic E-state index is 13.0. The van der Waals surface area contributed by atoms with Gasteiger partial charge < -0.3 is 75.8 Å². The molecule has 5 rings (SSSR count). The summed E-state index contributed by atoms with van der Waals surface area (Å²) in [5, 5.41) is 77.5. The van der Waals surface area contributed by atoms with E-state index in [1.54, 1.807) is 33.9 Å². The van der Waals surface area contributed by atoms with Gasteiger partial charge in [0.1, 0.15) is 42.7 Å². The van der Waals surface area contributed by atoms with E-state index < -0.39 is 128 Å². The highest BCUT2D eigenvalue weighted by molar-refractivity contribution is 5.87. The number of hydrogen-bond acceptors (Lipinski definition) is 17. The molecule has 0 bridgehead atoms. The Morgan fingerprint density at radius 3 is 1.87 bits per heavy atom. The number of hydrogen-bond donors (Lipinski definition) is 9. The first-order chi connectivity index (χ1) is 28.2. The molecule has 4 aliphatic rings. The second kappa shape index (κ2) is 20.8. The molecule has 3 aliphatic heterocycles. The first kappa shape index (κ1) is 48.6. The molecular weight excluding hydrogens is 788 g/mol. The summed E-state index contributed by atoms with van der Waals surface area (Å²) in [6, 6.07) is -1.53. The van der Waals surface area contributed by atoms with Crippen molar-refractivity contribution >= 4 is 11.8 Å². The van der Waals surface area contributed by atoms with E-state index in [-0.39, 0.29) is 30.7 Å². The van der Waals surface area contributed by atoms with Crippen LogP contribution in [0.5, 0.6) is 0 Å². The lowest BCUT2D eigenvalue weighted by Gasteiger charge is -2.47. The van der Waals surface area contributed by atoms with E-state index in [1.807, 2.05) is 27.7 Å². The number of nitrogens with one attached hydrogen (secondary N) is 1. The van der Waals surface area contributed by atoms with Gasteiger partial charge in [-0.25, -0.2) is 4.68 Å². The monoisotopic (exact) mass is 858 g/mol. The molecule has 20 nitrogen and oxygen atoms in total. The number of aliphatic hydroxyl groups is 6. The molecule has 1 aliphatic carbocycles. The quantitative estimate of drug-likeness (QED) is 0.0855. The first-order valence-corrected chi connectivity index (χ1v) is 21.5. The standard InChI is InChI=1S/C40H70N6O14/c1-9-24-30(50)27(47)19(7)38(55-24)58-33-17(5)13-22(41)29(49)35(33)60-40-32(52)34(59-39-20(8)28(48)31(51)25(10-2)56-39)26(57-40)15-46-14-21(44-45-46)12-18(6)37(54)43-23(36(42)53)11-16(3)4/h14,16-20,22-35,38-40,47-52H,9-13,15,41H2,1-8H3,(H2,42,53)(H,43,54)/t17?,18?,19?,20?,22-,23?,24?,25+,26-,27-,28?,29?,30-,31-,32?,33-,34-,35-,38+,39-,40+/m1/s1. The molecule has 20 heteroatoms. The van der Waals surface area contributed by atoms with E-state index in [0.29, 0.717) is 31.4 Å². The predicted octanol–water partition coefficient (Wildman–Crippen LogP) is -1.57. The third kappa shape index (κ3) is 11.0. The van der Waals surface area contributed by atoms with Crippen LogP contribution in [-0.2, 0) is 51.0 Å². The Balaban J connectivity index is 1.36. The van der Waals surface area contributed by atoms with Gasteiger partial charge in [-0.15, -0.1) is 5.10 Å². The number of nitrogens with two attached hydrogens (primary N) is 2. The van der Waals surface area contributed by atoms with Crippen molar-refractivity contribution in [2.75, 3.05) is 0 Å². The van der Waals surface area contributed by atoms with Crippen LogP contribution in [0.4, 0.5) is 0 Å². The van der Waals surface area contributed by atoms with Gasteiger partial charge in [-0.3, -0.25) is 9.59 Å². The maximum atomic E-state index is 13.0. The summed E-state index contributed by atoms with van der Waals surface area (Å²) in [4.78, 5) is 25.0. The number of aromatic nitrogens is 3. The molecule has 344 valence electrons. The predicted molar refractivity (Wildman–Crippen MR) is 211 cm³/mol. The zero-order chi connectivity index (χ0) is 44.3. The number of ether oxygens (including phenoxy) is 6. The molecule has 11 N–H and O–H groups in total. The molecule has 1 aromatic rings. The van der Waals surface area contributed by atoms with Crippen molar-refractivity contribution in [1.29, 1.82) is 0 Å². The topological polar surface area (TPSA) is 306 Å². The Morgan fingerprint density at radius 2 is 1.33 bits per heavy atom. The van der Waals surface area contributed by atoms with E-state index in [1.165, 1.54) is 4.68 Å². The number of rotatable bonds is 17. The van der Waals surface area contributed by atoms with Gasteiger partial charge in [0.2, 0.25) is 11.8 Å². The molecule has 0 aromatic carbocycles. The molecule has 4 heterocycles. The minimum atomic E-state index is -1.50. The third-order valence-electron chi connectivity index (χ3n) is 12.6. The fourth-order valence-electron chi connectivity index (χ4n) is 8.70. The van der Waals surface area contributed by atoms with Gasteiger partial charge in [-0.2, -0.15) is 0 Å². The van der Waals surface area contributed by atoms with Gasteiger partial charge in [0.05, 0.1) is 48.9 Å². The number of primary amides is 1. The summed E-state index contributed by atoms with van der Waals surface area (Å²) in [7, 11) is 0. The van der Waals surface area contributed by atoms with Crippen molar-refractivity contribution < 1.29 is 68.6 Å². The summed E-state index contributed by atoms with van der Waals surface area (Å²) < 4.78 is 39.3. The average Bonchev–Trinajstić information content (AvgIpc) is 3.76. The van der Waals surface area contributed by atoms with Crippen LogP contribution < -0.4 is 16.8 Å². The molecule has 21 atom stereocenters. The van der Waals surface area contributed by atoms with Crippen LogP contribution >= 0.6 is 0 Å². The van der Waals surface area contributed by atoms with Crippen LogP contribution in [0, 0.1) is 29.6 Å². The van der Waals surface area contributed by atoms with Gasteiger partial charge in [0.25, 0.3) is 0 Å². The number of nitrogens with zero attached hydrogens (tertiary/aromatic N) is 3. The summed E-state index contributed by atoms with van der Waals surface area (Å²) in [5.74, 6) is -3.09. The normalized spacial score (nSPS) is 42.2. The van der Waals surface area contributed by atoms with Crippen molar-refractivity contribution in [3.05, 3.63) is 11.9 Å². The summed E-state index contributed by atoms with van der Waals surface area (Å²) in [5.41, 5.74) is 12.4. The lowest BCUT2D eigenvalue weighted by molar-refractivity contribution is -0.323. The van der Waals surface area contributed by atoms with Crippen LogP contribution in [0.25, 0.3) is 0 Å². The van der Waals surface area contributed by atoms with Crippen LogP contribution in [0.2, 0.25) is 0 Å². The summed E-state index contributed by atoms with van der Waals surface area (Å²) in [6.07, 6.45) is -13.1. The number of amides is 2. The van der Waals surface area contributed by atoms with Crippen molar-refractivity contribution in [1.82, 2.24) is 20.3 Å². The Labute approximate surface area is 351 Å². The molecule has 0 spiro atoms. The first-order valence-electron chi connectivity index (χ1n) is 21.5. The Bertz CT molecular complexity index is 1540. The highest BCUT2D eigenvalue weighted by atomic mass is 16.8. The van der Waals surface area contributed by atoms with Gasteiger partial charge in [0, 0.05) is 36.4 Å². The fourth-order valence-corrected chi connectivity index (χ4v) is 8.70. The molecule has 2 amide bonds. The van der Waals surface area contributed by atoms with E-state index in [4.69, 9.17) is 39.9 Å². The van der Waals surface area contributed by atoms with Gasteiger partial charge in [-0.1, -0.05) is 60.6 Å². The van der Waals surface area contributed by atoms with Crippen molar-refractivity contribution in [3.8, 4) is 0 Å². The molecule has 3 saturated heterocycles. The van der Waals surface area contributed by atoms with Crippen LogP contribution in [-0.4, -0.2) is 162 Å². The minimum Gasteiger partial charge on any atom is -0.390 e. The SMILES string of the molecule is CCC1O[C@@H](O[C@@H]2C(C)C[C@@H](N)C(O)[C@H]2O[C@@H]2O[C@H](Cn3cc(CC(C)C(=O)NC(CC(C)C)C(N)=O)nn3)[C@@H](O[C@H]3O[C@@H](CC)[C@@H](O)C(O)C3C)C2O)C(C)[C@@H](O)[C@@H]1O. The van der Waals surface area contributed by atoms with Crippen LogP contribution in [0.1, 0.15) is 86.8 Å². The summed E-state index contributed by atoms with van der Waals surface area (Å²) >= 11 is 0. The largest absolute Gasteiger partial charge is 0.390 e. The Hall–Kier alpha value is -2.44. The zero-order valence-electron chi connectivity index (χ0n) is 36.0. The number of aliphatic hydroxyl groups excluding tert-OH is 6. The zero-order valence-corrected chi connectivity index (χ0v) is 36.0. The van der Waals surface area contributed by atoms with Crippen molar-refractivity contribution in [3.63, 3.8) is 0 Å². The van der Waals surface area contributed by atoms with E-state index in [2.05, 4.69) is 15.6 Å². The number of carbonyl (C=O) groups is 2. The van der Waals surface area contributed by atoms with E-state index in [9.17, 15) is 40.2 Å². The lowest BCUT2D eigenvalue weighted by atomic mass is 9.80. The fraction of sp³-hybridized carbons (Fsp3) is 0.900. The average molecular weight is 859 g/mol. The molecule has 1 saturated carbocycles. The summed E-state index contributed by atoms with van der Waals surface area (Å²) in [6.45, 7) is 14.4. The maximum Gasteiger partial charge on any atom is 0.240 e. The Morgan fingerprint density at radius 1 is 0.800 bits per heavy atom. The lowest BCUT2D eigenvalue weighted by Crippen LogP contribution is -2.62. The highest BCUT2D eigenvalue weighted by Crippen LogP contribution is 2.39. The molecular formula is C40H70N6O14. The van der Waals surface area contributed by atoms with Gasteiger partial charge in [-0.05, 0) is 37.5 Å². The number of carbonyl (C=O) groups excluding carboxylic acids is 2. The van der Waals surface area contributed by atoms with Crippen molar-refractivity contribution in [2.45, 2.75) is 198 Å².